The van der Waals surface area contributed by atoms with Crippen molar-refractivity contribution in [2.75, 3.05) is 29.9 Å². The molecule has 2 heterocycles. The van der Waals surface area contributed by atoms with E-state index >= 15 is 0 Å². The summed E-state index contributed by atoms with van der Waals surface area (Å²) in [6, 6.07) is 5.89. The van der Waals surface area contributed by atoms with Gasteiger partial charge in [-0.3, -0.25) is 4.90 Å². The summed E-state index contributed by atoms with van der Waals surface area (Å²) < 4.78 is 10.6. The van der Waals surface area contributed by atoms with Gasteiger partial charge < -0.3 is 19.7 Å². The number of amides is 2. The molecule has 1 aromatic carbocycles. The molecule has 1 fully saturated rings. The van der Waals surface area contributed by atoms with Crippen LogP contribution in [0.5, 0.6) is 0 Å². The first-order valence-corrected chi connectivity index (χ1v) is 9.39. The normalized spacial score (nSPS) is 19.6. The molecule has 2 aliphatic rings. The van der Waals surface area contributed by atoms with E-state index in [1.54, 1.807) is 25.7 Å². The average Bonchev–Trinajstić information content (AvgIpc) is 2.95. The fourth-order valence-electron chi connectivity index (χ4n) is 3.16. The molecule has 1 saturated heterocycles. The summed E-state index contributed by atoms with van der Waals surface area (Å²) in [7, 11) is 1.96. The van der Waals surface area contributed by atoms with Crippen molar-refractivity contribution < 1.29 is 19.1 Å². The van der Waals surface area contributed by atoms with Crippen LogP contribution in [0.15, 0.2) is 18.2 Å². The van der Waals surface area contributed by atoms with Gasteiger partial charge in [0.25, 0.3) is 0 Å². The van der Waals surface area contributed by atoms with Gasteiger partial charge in [-0.1, -0.05) is 12.2 Å². The number of benzene rings is 1. The lowest BCUT2D eigenvalue weighted by Crippen LogP contribution is -2.38. The Morgan fingerprint density at radius 1 is 1.37 bits per heavy atom. The summed E-state index contributed by atoms with van der Waals surface area (Å²) in [6.07, 6.45) is 0.334. The zero-order valence-electron chi connectivity index (χ0n) is 16.1. The van der Waals surface area contributed by atoms with Crippen molar-refractivity contribution in [3.8, 4) is 0 Å². The highest BCUT2D eigenvalue weighted by Gasteiger charge is 2.33. The van der Waals surface area contributed by atoms with E-state index in [1.165, 1.54) is 0 Å². The number of cyclic esters (lactones) is 1. The number of rotatable bonds is 3. The van der Waals surface area contributed by atoms with Gasteiger partial charge in [-0.2, -0.15) is 0 Å². The predicted octanol–water partition coefficient (Wildman–Crippen LogP) is 3.25. The van der Waals surface area contributed by atoms with Crippen LogP contribution in [0, 0.1) is 0 Å². The topological polar surface area (TPSA) is 71.1 Å². The van der Waals surface area contributed by atoms with E-state index in [-0.39, 0.29) is 6.54 Å². The average molecular weight is 391 g/mol. The van der Waals surface area contributed by atoms with E-state index in [4.69, 9.17) is 21.7 Å². The summed E-state index contributed by atoms with van der Waals surface area (Å²) in [5, 5.41) is 2.65. The van der Waals surface area contributed by atoms with Gasteiger partial charge in [-0.15, -0.1) is 0 Å². The number of ether oxygens (including phenoxy) is 2. The first-order valence-electron chi connectivity index (χ1n) is 8.98. The molecule has 2 aliphatic heterocycles. The third-order valence-corrected chi connectivity index (χ3v) is 4.94. The maximum atomic E-state index is 12.3. The van der Waals surface area contributed by atoms with E-state index in [0.29, 0.717) is 6.54 Å². The van der Waals surface area contributed by atoms with Crippen LogP contribution in [-0.4, -0.2) is 49.0 Å². The lowest BCUT2D eigenvalue weighted by Gasteiger charge is -2.29. The first kappa shape index (κ1) is 19.4. The van der Waals surface area contributed by atoms with Crippen molar-refractivity contribution in [2.24, 2.45) is 0 Å². The lowest BCUT2D eigenvalue weighted by atomic mass is 10.0. The van der Waals surface area contributed by atoms with Crippen LogP contribution in [0.25, 0.3) is 0 Å². The Kier molecular flexibility index (Phi) is 5.28. The Labute approximate surface area is 164 Å². The molecule has 8 heteroatoms. The Hall–Kier alpha value is -2.35. The first-order chi connectivity index (χ1) is 12.6. The van der Waals surface area contributed by atoms with Gasteiger partial charge in [0.2, 0.25) is 0 Å². The minimum atomic E-state index is -0.568. The molecule has 0 aliphatic carbocycles. The van der Waals surface area contributed by atoms with Gasteiger partial charge in [0.15, 0.2) is 0 Å². The molecule has 0 radical (unpaired) electrons. The maximum Gasteiger partial charge on any atom is 0.414 e. The number of carbonyl (C=O) groups is 2. The van der Waals surface area contributed by atoms with Crippen LogP contribution in [0.2, 0.25) is 0 Å². The highest BCUT2D eigenvalue weighted by atomic mass is 32.1. The van der Waals surface area contributed by atoms with E-state index in [2.05, 4.69) is 5.32 Å². The van der Waals surface area contributed by atoms with Gasteiger partial charge in [0, 0.05) is 24.8 Å². The minimum Gasteiger partial charge on any atom is -0.444 e. The number of anilines is 2. The molecule has 3 rings (SSSR count). The van der Waals surface area contributed by atoms with E-state index < -0.39 is 23.9 Å². The Morgan fingerprint density at radius 2 is 2.11 bits per heavy atom. The number of hydrogen-bond acceptors (Lipinski definition) is 5. The van der Waals surface area contributed by atoms with Crippen LogP contribution in [0.3, 0.4) is 0 Å². The van der Waals surface area contributed by atoms with Gasteiger partial charge >= 0.3 is 12.2 Å². The largest absolute Gasteiger partial charge is 0.444 e. The molecule has 0 spiro atoms. The Bertz CT molecular complexity index is 775. The number of alkyl carbamates (subject to hydrolysis) is 1. The third kappa shape index (κ3) is 4.50. The molecule has 0 unspecified atom stereocenters. The number of nitrogens with one attached hydrogen (secondary N) is 1. The smallest absolute Gasteiger partial charge is 0.414 e. The van der Waals surface area contributed by atoms with E-state index in [9.17, 15) is 9.59 Å². The molecular formula is C19H25N3O4S. The van der Waals surface area contributed by atoms with Crippen molar-refractivity contribution in [3.63, 3.8) is 0 Å². The number of nitrogens with zero attached hydrogens (tertiary/aromatic N) is 2. The number of thiocarbonyl (C=S) groups is 1. The third-order valence-electron chi connectivity index (χ3n) is 4.47. The maximum absolute atomic E-state index is 12.3. The van der Waals surface area contributed by atoms with Crippen LogP contribution >= 0.6 is 12.2 Å². The molecule has 0 saturated carbocycles. The van der Waals surface area contributed by atoms with Crippen molar-refractivity contribution in [3.05, 3.63) is 23.8 Å². The van der Waals surface area contributed by atoms with Crippen molar-refractivity contribution >= 4 is 40.8 Å². The minimum absolute atomic E-state index is 0.207. The molecular weight excluding hydrogens is 366 g/mol. The van der Waals surface area contributed by atoms with Crippen LogP contribution in [0.4, 0.5) is 21.0 Å². The summed E-state index contributed by atoms with van der Waals surface area (Å²) >= 11 is 5.36. The summed E-state index contributed by atoms with van der Waals surface area (Å²) in [4.78, 5) is 28.6. The number of hydrogen-bond donors (Lipinski definition) is 1. The second-order valence-corrected chi connectivity index (χ2v) is 8.24. The highest BCUT2D eigenvalue weighted by Crippen LogP contribution is 2.32. The molecule has 0 aromatic heterocycles. The molecule has 1 atom stereocenters. The molecule has 0 bridgehead atoms. The standard InChI is InChI=1S/C19H25N3O4S/c1-19(2,3)26-17(23)20-10-14-11-22(18(24)25-14)13-6-7-15-12(9-13)5-8-16(27)21(15)4/h6-7,9,14H,5,8,10-11H2,1-4H3,(H,20,23)/t14-/m0/s1. The SMILES string of the molecule is CN1C(=S)CCc2cc(N3C[C@H](CNC(=O)OC(C)(C)C)OC3=O)ccc21. The Morgan fingerprint density at radius 3 is 2.81 bits per heavy atom. The Balaban J connectivity index is 1.63. The fourth-order valence-corrected chi connectivity index (χ4v) is 3.36. The van der Waals surface area contributed by atoms with E-state index in [1.807, 2.05) is 30.1 Å². The second kappa shape index (κ2) is 7.34. The predicted molar refractivity (Wildman–Crippen MR) is 108 cm³/mol. The molecule has 27 heavy (non-hydrogen) atoms. The monoisotopic (exact) mass is 391 g/mol. The molecule has 1 N–H and O–H groups in total. The highest BCUT2D eigenvalue weighted by molar-refractivity contribution is 7.80. The van der Waals surface area contributed by atoms with Crippen LogP contribution in [0.1, 0.15) is 32.8 Å². The summed E-state index contributed by atoms with van der Waals surface area (Å²) in [6.45, 7) is 5.97. The summed E-state index contributed by atoms with van der Waals surface area (Å²) in [5.41, 5.74) is 2.46. The van der Waals surface area contributed by atoms with Gasteiger partial charge in [-0.05, 0) is 51.0 Å². The number of aryl methyl sites for hydroxylation is 1. The van der Waals surface area contributed by atoms with Crippen LogP contribution in [-0.2, 0) is 15.9 Å². The van der Waals surface area contributed by atoms with Crippen molar-refractivity contribution in [2.45, 2.75) is 45.3 Å². The zero-order valence-corrected chi connectivity index (χ0v) is 16.9. The van der Waals surface area contributed by atoms with Crippen LogP contribution < -0.4 is 15.1 Å². The molecule has 7 nitrogen and oxygen atoms in total. The summed E-state index contributed by atoms with van der Waals surface area (Å²) in [5.74, 6) is 0. The molecule has 1 aromatic rings. The van der Waals surface area contributed by atoms with E-state index in [0.717, 1.165) is 34.8 Å². The van der Waals surface area contributed by atoms with Gasteiger partial charge in [0.05, 0.1) is 18.1 Å². The van der Waals surface area contributed by atoms with Crippen molar-refractivity contribution in [1.82, 2.24) is 5.32 Å². The number of carbonyl (C=O) groups excluding carboxylic acids is 2. The zero-order chi connectivity index (χ0) is 19.8. The lowest BCUT2D eigenvalue weighted by molar-refractivity contribution is 0.0496. The van der Waals surface area contributed by atoms with Crippen molar-refractivity contribution in [1.29, 1.82) is 0 Å². The van der Waals surface area contributed by atoms with Gasteiger partial charge in [-0.25, -0.2) is 9.59 Å². The fraction of sp³-hybridized carbons (Fsp3) is 0.526. The molecule has 2 amide bonds. The quantitative estimate of drug-likeness (QED) is 0.798. The van der Waals surface area contributed by atoms with Gasteiger partial charge in [0.1, 0.15) is 11.7 Å². The second-order valence-electron chi connectivity index (χ2n) is 7.76. The molecule has 146 valence electrons. The number of fused-ring (bicyclic) bond motifs is 1.